The lowest BCUT2D eigenvalue weighted by molar-refractivity contribution is 0.0446. The summed E-state index contributed by atoms with van der Waals surface area (Å²) >= 11 is 0. The zero-order valence-corrected chi connectivity index (χ0v) is 25.7. The molecule has 2 aromatic carbocycles. The van der Waals surface area contributed by atoms with Gasteiger partial charge in [0.15, 0.2) is 5.69 Å². The molecule has 3 heterocycles. The average Bonchev–Trinajstić information content (AvgIpc) is 3.71. The lowest BCUT2D eigenvalue weighted by Crippen LogP contribution is -2.57. The number of rotatable bonds is 8. The van der Waals surface area contributed by atoms with Crippen molar-refractivity contribution in [3.8, 4) is 11.3 Å². The second kappa shape index (κ2) is 14.4. The quantitative estimate of drug-likeness (QED) is 0.230. The third-order valence-corrected chi connectivity index (χ3v) is 8.89. The molecule has 6 rings (SSSR count). The van der Waals surface area contributed by atoms with Gasteiger partial charge in [-0.25, -0.2) is 14.6 Å². The summed E-state index contributed by atoms with van der Waals surface area (Å²) < 4.78 is 13.4. The van der Waals surface area contributed by atoms with E-state index in [-0.39, 0.29) is 44.2 Å². The van der Waals surface area contributed by atoms with E-state index in [1.54, 1.807) is 29.6 Å². The summed E-state index contributed by atoms with van der Waals surface area (Å²) in [5.74, 6) is 0.388. The highest BCUT2D eigenvalue weighted by molar-refractivity contribution is 5.98. The first-order valence-corrected chi connectivity index (χ1v) is 15.9. The highest BCUT2D eigenvalue weighted by Crippen LogP contribution is 2.36. The summed E-state index contributed by atoms with van der Waals surface area (Å²) in [6.45, 7) is 0.915. The summed E-state index contributed by atoms with van der Waals surface area (Å²) in [5, 5.41) is 12.5. The Morgan fingerprint density at radius 1 is 0.935 bits per heavy atom. The van der Waals surface area contributed by atoms with Gasteiger partial charge >= 0.3 is 12.2 Å². The molecule has 3 amide bonds. The number of carbonyl (C=O) groups excluding carboxylic acids is 2. The number of piperazine rings is 1. The Kier molecular flexibility index (Phi) is 9.66. The first-order chi connectivity index (χ1) is 22.5. The SMILES string of the molecule is O=C(NCc1ccco1)O[C@H]1CCCCC[C@@H]1n1cnc(C(=O)N2CCN(C(=O)O)C[C@H]2Cc2ccccc2)c1-c1ccccc1. The van der Waals surface area contributed by atoms with Crippen molar-refractivity contribution in [3.05, 3.63) is 102 Å². The Labute approximate surface area is 267 Å². The molecular weight excluding hydrogens is 586 g/mol. The second-order valence-corrected chi connectivity index (χ2v) is 11.9. The van der Waals surface area contributed by atoms with Gasteiger partial charge in [0.05, 0.1) is 36.9 Å². The monoisotopic (exact) mass is 625 g/mol. The van der Waals surface area contributed by atoms with Crippen LogP contribution >= 0.6 is 0 Å². The van der Waals surface area contributed by atoms with Crippen LogP contribution < -0.4 is 5.32 Å². The second-order valence-electron chi connectivity index (χ2n) is 11.9. The minimum atomic E-state index is -0.994. The number of amides is 3. The summed E-state index contributed by atoms with van der Waals surface area (Å²) in [6, 6.07) is 22.4. The Morgan fingerprint density at radius 3 is 2.43 bits per heavy atom. The predicted molar refractivity (Wildman–Crippen MR) is 170 cm³/mol. The van der Waals surface area contributed by atoms with Crippen molar-refractivity contribution in [3.63, 3.8) is 0 Å². The van der Waals surface area contributed by atoms with Gasteiger partial charge in [-0.1, -0.05) is 73.5 Å². The maximum Gasteiger partial charge on any atom is 0.407 e. The number of hydrogen-bond acceptors (Lipinski definition) is 6. The standard InChI is InChI=1S/C35H39N5O6/c41-33(39-19-18-38(35(43)44)23-27(39)21-25-11-4-1-5-12-25)31-32(26-13-6-2-7-14-26)40(24-37-31)29-16-8-3-9-17-30(29)46-34(42)36-22-28-15-10-20-45-28/h1-2,4-7,10-15,20,24,27,29-30H,3,8-9,16-19,21-23H2,(H,36,42)(H,43,44)/t27-,29+,30+/m1/s1. The van der Waals surface area contributed by atoms with Crippen LogP contribution in [-0.2, 0) is 17.7 Å². The molecule has 0 bridgehead atoms. The predicted octanol–water partition coefficient (Wildman–Crippen LogP) is 5.99. The molecule has 11 nitrogen and oxygen atoms in total. The van der Waals surface area contributed by atoms with Crippen LogP contribution in [-0.4, -0.2) is 74.3 Å². The Hall–Kier alpha value is -5.06. The number of furan rings is 1. The molecule has 4 aromatic rings. The topological polar surface area (TPSA) is 130 Å². The number of carboxylic acid groups (broad SMARTS) is 1. The fourth-order valence-corrected chi connectivity index (χ4v) is 6.61. The molecule has 0 unspecified atom stereocenters. The van der Waals surface area contributed by atoms with Crippen molar-refractivity contribution in [2.75, 3.05) is 19.6 Å². The van der Waals surface area contributed by atoms with E-state index >= 15 is 0 Å². The van der Waals surface area contributed by atoms with Crippen LogP contribution in [0.4, 0.5) is 9.59 Å². The molecule has 3 atom stereocenters. The maximum absolute atomic E-state index is 14.5. The lowest BCUT2D eigenvalue weighted by Gasteiger charge is -2.40. The van der Waals surface area contributed by atoms with Crippen molar-refractivity contribution < 1.29 is 28.6 Å². The fourth-order valence-electron chi connectivity index (χ4n) is 6.61. The van der Waals surface area contributed by atoms with E-state index in [1.807, 2.05) is 65.2 Å². The highest BCUT2D eigenvalue weighted by atomic mass is 16.6. The third kappa shape index (κ3) is 7.09. The molecule has 2 N–H and O–H groups in total. The lowest BCUT2D eigenvalue weighted by atomic mass is 10.0. The minimum Gasteiger partial charge on any atom is -0.467 e. The number of hydrogen-bond donors (Lipinski definition) is 2. The van der Waals surface area contributed by atoms with Crippen LogP contribution in [0.5, 0.6) is 0 Å². The number of alkyl carbamates (subject to hydrolysis) is 1. The van der Waals surface area contributed by atoms with Gasteiger partial charge in [0, 0.05) is 25.2 Å². The average molecular weight is 626 g/mol. The van der Waals surface area contributed by atoms with Gasteiger partial charge in [-0.05, 0) is 43.4 Å². The number of ether oxygens (including phenoxy) is 1. The summed E-state index contributed by atoms with van der Waals surface area (Å²) in [4.78, 5) is 47.2. The van der Waals surface area contributed by atoms with E-state index in [1.165, 1.54) is 4.90 Å². The van der Waals surface area contributed by atoms with E-state index < -0.39 is 18.3 Å². The molecule has 2 aromatic heterocycles. The van der Waals surface area contributed by atoms with Crippen molar-refractivity contribution in [1.29, 1.82) is 0 Å². The first-order valence-electron chi connectivity index (χ1n) is 15.9. The van der Waals surface area contributed by atoms with Crippen LogP contribution in [0.15, 0.2) is 89.8 Å². The van der Waals surface area contributed by atoms with Gasteiger partial charge in [-0.2, -0.15) is 0 Å². The molecule has 1 aliphatic heterocycles. The summed E-state index contributed by atoms with van der Waals surface area (Å²) in [6.07, 6.45) is 6.16. The zero-order chi connectivity index (χ0) is 31.9. The van der Waals surface area contributed by atoms with Gasteiger partial charge in [0.25, 0.3) is 5.91 Å². The van der Waals surface area contributed by atoms with E-state index in [9.17, 15) is 19.5 Å². The summed E-state index contributed by atoms with van der Waals surface area (Å²) in [7, 11) is 0. The molecule has 1 aliphatic carbocycles. The van der Waals surface area contributed by atoms with E-state index in [2.05, 4.69) is 5.32 Å². The van der Waals surface area contributed by atoms with Gasteiger partial charge in [-0.15, -0.1) is 0 Å². The molecule has 0 radical (unpaired) electrons. The van der Waals surface area contributed by atoms with E-state index in [0.29, 0.717) is 30.0 Å². The smallest absolute Gasteiger partial charge is 0.407 e. The Balaban J connectivity index is 1.31. The molecule has 1 saturated heterocycles. The molecule has 46 heavy (non-hydrogen) atoms. The number of imidazole rings is 1. The van der Waals surface area contributed by atoms with Gasteiger partial charge < -0.3 is 33.9 Å². The normalized spacial score (nSPS) is 20.1. The van der Waals surface area contributed by atoms with Gasteiger partial charge in [-0.3, -0.25) is 4.79 Å². The number of nitrogens with zero attached hydrogens (tertiary/aromatic N) is 4. The highest BCUT2D eigenvalue weighted by Gasteiger charge is 2.37. The molecule has 2 aliphatic rings. The summed E-state index contributed by atoms with van der Waals surface area (Å²) in [5.41, 5.74) is 2.83. The van der Waals surface area contributed by atoms with Crippen LogP contribution in [0, 0.1) is 0 Å². The van der Waals surface area contributed by atoms with Crippen molar-refractivity contribution in [2.45, 2.75) is 63.3 Å². The molecule has 0 spiro atoms. The number of nitrogens with one attached hydrogen (secondary N) is 1. The van der Waals surface area contributed by atoms with Crippen molar-refractivity contribution in [2.24, 2.45) is 0 Å². The van der Waals surface area contributed by atoms with Gasteiger partial charge in [0.2, 0.25) is 0 Å². The molecule has 11 heteroatoms. The van der Waals surface area contributed by atoms with Gasteiger partial charge in [0.1, 0.15) is 11.9 Å². The van der Waals surface area contributed by atoms with Crippen LogP contribution in [0.25, 0.3) is 11.3 Å². The Morgan fingerprint density at radius 2 is 1.70 bits per heavy atom. The van der Waals surface area contributed by atoms with E-state index in [4.69, 9.17) is 14.1 Å². The van der Waals surface area contributed by atoms with Crippen LogP contribution in [0.3, 0.4) is 0 Å². The maximum atomic E-state index is 14.5. The molecule has 240 valence electrons. The number of benzene rings is 2. The molecule has 1 saturated carbocycles. The van der Waals surface area contributed by atoms with Crippen molar-refractivity contribution in [1.82, 2.24) is 24.7 Å². The minimum absolute atomic E-state index is 0.211. The van der Waals surface area contributed by atoms with E-state index in [0.717, 1.165) is 36.8 Å². The number of aromatic nitrogens is 2. The molecule has 2 fully saturated rings. The zero-order valence-electron chi connectivity index (χ0n) is 25.7. The van der Waals surface area contributed by atoms with Crippen molar-refractivity contribution >= 4 is 18.1 Å². The fraction of sp³-hybridized carbons (Fsp3) is 0.371. The largest absolute Gasteiger partial charge is 0.467 e. The molecular formula is C35H39N5O6. The third-order valence-electron chi connectivity index (χ3n) is 8.89. The Bertz CT molecular complexity index is 1610. The first kappa shape index (κ1) is 30.9. The van der Waals surface area contributed by atoms with Crippen LogP contribution in [0.2, 0.25) is 0 Å². The van der Waals surface area contributed by atoms with Crippen LogP contribution in [0.1, 0.15) is 60.0 Å². The number of carbonyl (C=O) groups is 3.